The number of halogens is 1. The Bertz CT molecular complexity index is 245. The molecule has 0 aliphatic carbocycles. The molecule has 0 N–H and O–H groups in total. The zero-order chi connectivity index (χ0) is 8.27. The average Bonchev–Trinajstić information content (AvgIpc) is 2.04. The molecule has 1 aromatic carbocycles. The summed E-state index contributed by atoms with van der Waals surface area (Å²) in [6.45, 7) is 2.01. The first-order valence-corrected chi connectivity index (χ1v) is 3.60. The van der Waals surface area contributed by atoms with Gasteiger partial charge in [-0.25, -0.2) is 4.39 Å². The summed E-state index contributed by atoms with van der Waals surface area (Å²) in [6, 6.07) is 4.59. The molecule has 0 unspecified atom stereocenters. The Morgan fingerprint density at radius 2 is 2.18 bits per heavy atom. The topological polar surface area (TPSA) is 9.23 Å². The molecular formula is C9H11FO. The predicted octanol–water partition coefficient (Wildman–Crippen LogP) is 2.40. The van der Waals surface area contributed by atoms with Crippen LogP contribution in [0.25, 0.3) is 0 Å². The van der Waals surface area contributed by atoms with Crippen LogP contribution >= 0.6 is 0 Å². The van der Waals surface area contributed by atoms with Crippen molar-refractivity contribution in [1.82, 2.24) is 0 Å². The summed E-state index contributed by atoms with van der Waals surface area (Å²) in [5.41, 5.74) is 1.04. The Hall–Kier alpha value is -1.05. The van der Waals surface area contributed by atoms with Crippen LogP contribution in [0, 0.1) is 5.82 Å². The summed E-state index contributed by atoms with van der Waals surface area (Å²) in [5.74, 6) is 0.381. The van der Waals surface area contributed by atoms with Crippen molar-refractivity contribution in [3.05, 3.63) is 29.6 Å². The maximum Gasteiger partial charge on any atom is 0.126 e. The van der Waals surface area contributed by atoms with Crippen molar-refractivity contribution < 1.29 is 9.13 Å². The van der Waals surface area contributed by atoms with Crippen LogP contribution in [0.5, 0.6) is 5.75 Å². The Kier molecular flexibility index (Phi) is 2.47. The lowest BCUT2D eigenvalue weighted by atomic mass is 10.1. The summed E-state index contributed by atoms with van der Waals surface area (Å²) in [5, 5.41) is 0. The van der Waals surface area contributed by atoms with Gasteiger partial charge in [0.05, 0.1) is 7.11 Å². The summed E-state index contributed by atoms with van der Waals surface area (Å²) >= 11 is 0. The fourth-order valence-corrected chi connectivity index (χ4v) is 1.01. The molecule has 0 saturated heterocycles. The van der Waals surface area contributed by atoms with E-state index in [0.717, 1.165) is 12.0 Å². The van der Waals surface area contributed by atoms with Crippen molar-refractivity contribution in [1.29, 1.82) is 0 Å². The molecule has 0 amide bonds. The molecule has 1 rings (SSSR count). The van der Waals surface area contributed by atoms with Crippen LogP contribution in [-0.4, -0.2) is 7.11 Å². The quantitative estimate of drug-likeness (QED) is 0.635. The molecule has 0 heterocycles. The average molecular weight is 154 g/mol. The molecule has 0 fully saturated rings. The Balaban J connectivity index is 3.06. The van der Waals surface area contributed by atoms with Gasteiger partial charge in [-0.3, -0.25) is 0 Å². The van der Waals surface area contributed by atoms with E-state index in [1.807, 2.05) is 6.92 Å². The molecule has 0 atom stereocenters. The normalized spacial score (nSPS) is 9.73. The van der Waals surface area contributed by atoms with E-state index in [-0.39, 0.29) is 5.82 Å². The molecule has 0 saturated carbocycles. The molecule has 0 aliphatic heterocycles. The number of methoxy groups -OCH3 is 1. The molecule has 1 nitrogen and oxygen atoms in total. The highest BCUT2D eigenvalue weighted by atomic mass is 19.1. The molecule has 1 aromatic rings. The van der Waals surface area contributed by atoms with Crippen molar-refractivity contribution in [3.63, 3.8) is 0 Å². The van der Waals surface area contributed by atoms with Gasteiger partial charge in [-0.15, -0.1) is 0 Å². The standard InChI is InChI=1S/C9H11FO/c1-3-7-4-5-8(10)6-9(7)11-2/h4-6H,3H2,1-2H3. The zero-order valence-electron chi connectivity index (χ0n) is 6.73. The maximum absolute atomic E-state index is 12.6. The maximum atomic E-state index is 12.6. The summed E-state index contributed by atoms with van der Waals surface area (Å²) in [6.07, 6.45) is 0.865. The van der Waals surface area contributed by atoms with Gasteiger partial charge in [-0.1, -0.05) is 13.0 Å². The first-order chi connectivity index (χ1) is 5.27. The van der Waals surface area contributed by atoms with E-state index in [9.17, 15) is 4.39 Å². The number of hydrogen-bond acceptors (Lipinski definition) is 1. The minimum atomic E-state index is -0.251. The molecule has 0 radical (unpaired) electrons. The molecule has 0 aliphatic rings. The van der Waals surface area contributed by atoms with E-state index < -0.39 is 0 Å². The van der Waals surface area contributed by atoms with Crippen LogP contribution in [0.2, 0.25) is 0 Å². The number of hydrogen-bond donors (Lipinski definition) is 0. The number of rotatable bonds is 2. The highest BCUT2D eigenvalue weighted by molar-refractivity contribution is 5.33. The molecule has 2 heteroatoms. The smallest absolute Gasteiger partial charge is 0.126 e. The van der Waals surface area contributed by atoms with Gasteiger partial charge in [-0.2, -0.15) is 0 Å². The Labute approximate surface area is 65.8 Å². The third kappa shape index (κ3) is 1.70. The monoisotopic (exact) mass is 154 g/mol. The van der Waals surface area contributed by atoms with E-state index in [1.54, 1.807) is 13.2 Å². The van der Waals surface area contributed by atoms with E-state index in [0.29, 0.717) is 5.75 Å². The van der Waals surface area contributed by atoms with Crippen LogP contribution in [0.4, 0.5) is 4.39 Å². The minimum Gasteiger partial charge on any atom is -0.496 e. The number of ether oxygens (including phenoxy) is 1. The number of aryl methyl sites for hydroxylation is 1. The molecular weight excluding hydrogens is 143 g/mol. The van der Waals surface area contributed by atoms with E-state index in [1.165, 1.54) is 12.1 Å². The van der Waals surface area contributed by atoms with Crippen molar-refractivity contribution in [2.75, 3.05) is 7.11 Å². The second kappa shape index (κ2) is 3.37. The van der Waals surface area contributed by atoms with Gasteiger partial charge in [-0.05, 0) is 18.1 Å². The number of benzene rings is 1. The Morgan fingerprint density at radius 1 is 1.45 bits per heavy atom. The molecule has 0 aromatic heterocycles. The Morgan fingerprint density at radius 3 is 2.73 bits per heavy atom. The summed E-state index contributed by atoms with van der Waals surface area (Å²) < 4.78 is 17.6. The van der Waals surface area contributed by atoms with Gasteiger partial charge in [0.15, 0.2) is 0 Å². The van der Waals surface area contributed by atoms with Crippen LogP contribution in [-0.2, 0) is 6.42 Å². The molecule has 60 valence electrons. The van der Waals surface area contributed by atoms with Crippen molar-refractivity contribution in [2.24, 2.45) is 0 Å². The first kappa shape index (κ1) is 8.05. The SMILES string of the molecule is CCc1ccc(F)cc1OC. The molecule has 0 spiro atoms. The van der Waals surface area contributed by atoms with Crippen molar-refractivity contribution in [2.45, 2.75) is 13.3 Å². The third-order valence-corrected chi connectivity index (χ3v) is 1.63. The van der Waals surface area contributed by atoms with E-state index >= 15 is 0 Å². The van der Waals surface area contributed by atoms with Gasteiger partial charge in [0.2, 0.25) is 0 Å². The van der Waals surface area contributed by atoms with E-state index in [2.05, 4.69) is 0 Å². The van der Waals surface area contributed by atoms with Gasteiger partial charge in [0.25, 0.3) is 0 Å². The van der Waals surface area contributed by atoms with Crippen LogP contribution in [0.15, 0.2) is 18.2 Å². The lowest BCUT2D eigenvalue weighted by Gasteiger charge is -2.04. The highest BCUT2D eigenvalue weighted by Crippen LogP contribution is 2.19. The minimum absolute atomic E-state index is 0.251. The van der Waals surface area contributed by atoms with Crippen LogP contribution < -0.4 is 4.74 Å². The lowest BCUT2D eigenvalue weighted by molar-refractivity contribution is 0.406. The van der Waals surface area contributed by atoms with Gasteiger partial charge in [0, 0.05) is 6.07 Å². The zero-order valence-corrected chi connectivity index (χ0v) is 6.73. The van der Waals surface area contributed by atoms with Gasteiger partial charge < -0.3 is 4.74 Å². The lowest BCUT2D eigenvalue weighted by Crippen LogP contribution is -1.90. The first-order valence-electron chi connectivity index (χ1n) is 3.60. The van der Waals surface area contributed by atoms with Gasteiger partial charge >= 0.3 is 0 Å². The highest BCUT2D eigenvalue weighted by Gasteiger charge is 2.00. The third-order valence-electron chi connectivity index (χ3n) is 1.63. The van der Waals surface area contributed by atoms with Crippen LogP contribution in [0.3, 0.4) is 0 Å². The fourth-order valence-electron chi connectivity index (χ4n) is 1.01. The van der Waals surface area contributed by atoms with Crippen molar-refractivity contribution >= 4 is 0 Å². The fraction of sp³-hybridized carbons (Fsp3) is 0.333. The molecule has 0 bridgehead atoms. The van der Waals surface area contributed by atoms with E-state index in [4.69, 9.17) is 4.74 Å². The van der Waals surface area contributed by atoms with Gasteiger partial charge in [0.1, 0.15) is 11.6 Å². The summed E-state index contributed by atoms with van der Waals surface area (Å²) in [4.78, 5) is 0. The van der Waals surface area contributed by atoms with Crippen molar-refractivity contribution in [3.8, 4) is 5.75 Å². The second-order valence-electron chi connectivity index (χ2n) is 2.31. The van der Waals surface area contributed by atoms with Crippen LogP contribution in [0.1, 0.15) is 12.5 Å². The summed E-state index contributed by atoms with van der Waals surface area (Å²) in [7, 11) is 1.55. The second-order valence-corrected chi connectivity index (χ2v) is 2.31. The predicted molar refractivity (Wildman–Crippen MR) is 42.3 cm³/mol. The largest absolute Gasteiger partial charge is 0.496 e. The molecule has 11 heavy (non-hydrogen) atoms.